The van der Waals surface area contributed by atoms with Gasteiger partial charge in [-0.25, -0.2) is 0 Å². The molecule has 0 radical (unpaired) electrons. The van der Waals surface area contributed by atoms with Crippen molar-refractivity contribution in [3.8, 4) is 0 Å². The number of nitrogens with one attached hydrogen (secondary N) is 1. The molecular weight excluding hydrogens is 322 g/mol. The fourth-order valence-electron chi connectivity index (χ4n) is 2.73. The van der Waals surface area contributed by atoms with Crippen LogP contribution in [0.5, 0.6) is 0 Å². The van der Waals surface area contributed by atoms with Crippen LogP contribution in [-0.2, 0) is 11.3 Å². The summed E-state index contributed by atoms with van der Waals surface area (Å²) in [6.07, 6.45) is 2.25. The zero-order valence-corrected chi connectivity index (χ0v) is 13.8. The van der Waals surface area contributed by atoms with Gasteiger partial charge in [0, 0.05) is 17.8 Å². The molecule has 1 aromatic carbocycles. The summed E-state index contributed by atoms with van der Waals surface area (Å²) in [5.74, 6) is 0.217. The van der Waals surface area contributed by atoms with E-state index >= 15 is 0 Å². The zero-order valence-electron chi connectivity index (χ0n) is 13.8. The number of hydrogen-bond acceptors (Lipinski definition) is 5. The standard InChI is InChI=1S/C18H19N3O4/c1-12(9-15(22)17-7-4-8-25-17)20-18(24)11-21-14-6-3-2-5-13(14)16(23)10-19-21/h2-8,10,12,15,22H,9,11H2,1H3,(H,20,24). The van der Waals surface area contributed by atoms with E-state index in [0.29, 0.717) is 23.1 Å². The van der Waals surface area contributed by atoms with E-state index in [9.17, 15) is 14.7 Å². The van der Waals surface area contributed by atoms with Crippen molar-refractivity contribution >= 4 is 16.8 Å². The minimum Gasteiger partial charge on any atom is -0.467 e. The van der Waals surface area contributed by atoms with Gasteiger partial charge in [0.15, 0.2) is 0 Å². The first-order valence-corrected chi connectivity index (χ1v) is 8.00. The van der Waals surface area contributed by atoms with E-state index in [1.54, 1.807) is 43.3 Å². The summed E-state index contributed by atoms with van der Waals surface area (Å²) < 4.78 is 6.64. The third-order valence-corrected chi connectivity index (χ3v) is 3.91. The van der Waals surface area contributed by atoms with Crippen LogP contribution in [-0.4, -0.2) is 26.8 Å². The molecule has 2 aromatic heterocycles. The molecule has 2 atom stereocenters. The van der Waals surface area contributed by atoms with Crippen LogP contribution in [0.2, 0.25) is 0 Å². The van der Waals surface area contributed by atoms with Crippen molar-refractivity contribution in [2.24, 2.45) is 0 Å². The maximum Gasteiger partial charge on any atom is 0.241 e. The number of aromatic nitrogens is 2. The molecule has 0 bridgehead atoms. The lowest BCUT2D eigenvalue weighted by molar-refractivity contribution is -0.122. The van der Waals surface area contributed by atoms with Crippen LogP contribution in [0.4, 0.5) is 0 Å². The van der Waals surface area contributed by atoms with E-state index in [4.69, 9.17) is 4.42 Å². The van der Waals surface area contributed by atoms with Gasteiger partial charge in [-0.05, 0) is 31.2 Å². The Morgan fingerprint density at radius 2 is 2.12 bits per heavy atom. The summed E-state index contributed by atoms with van der Waals surface area (Å²) in [7, 11) is 0. The topological polar surface area (TPSA) is 97.4 Å². The monoisotopic (exact) mass is 341 g/mol. The second-order valence-corrected chi connectivity index (χ2v) is 5.92. The minimum absolute atomic E-state index is 0.0119. The summed E-state index contributed by atoms with van der Waals surface area (Å²) in [6.45, 7) is 1.79. The van der Waals surface area contributed by atoms with Gasteiger partial charge in [0.2, 0.25) is 11.3 Å². The number of furan rings is 1. The molecule has 2 unspecified atom stereocenters. The first-order chi connectivity index (χ1) is 12.0. The van der Waals surface area contributed by atoms with Gasteiger partial charge < -0.3 is 14.8 Å². The van der Waals surface area contributed by atoms with Crippen LogP contribution in [0.3, 0.4) is 0 Å². The van der Waals surface area contributed by atoms with Gasteiger partial charge in [0.25, 0.3) is 0 Å². The number of carbonyl (C=O) groups is 1. The summed E-state index contributed by atoms with van der Waals surface area (Å²) in [5.41, 5.74) is 0.426. The van der Waals surface area contributed by atoms with E-state index < -0.39 is 6.10 Å². The summed E-state index contributed by atoms with van der Waals surface area (Å²) in [4.78, 5) is 24.1. The number of carbonyl (C=O) groups excluding carboxylic acids is 1. The smallest absolute Gasteiger partial charge is 0.241 e. The third kappa shape index (κ3) is 3.95. The highest BCUT2D eigenvalue weighted by Crippen LogP contribution is 2.18. The second kappa shape index (κ2) is 7.31. The maximum atomic E-state index is 12.3. The largest absolute Gasteiger partial charge is 0.467 e. The van der Waals surface area contributed by atoms with Crippen molar-refractivity contribution in [2.75, 3.05) is 0 Å². The molecule has 7 heteroatoms. The number of hydrogen-bond donors (Lipinski definition) is 2. The Morgan fingerprint density at radius 1 is 1.32 bits per heavy atom. The van der Waals surface area contributed by atoms with E-state index in [2.05, 4.69) is 10.4 Å². The lowest BCUT2D eigenvalue weighted by Crippen LogP contribution is -2.36. The molecule has 0 spiro atoms. The average Bonchev–Trinajstić information content (AvgIpc) is 3.12. The number of aliphatic hydroxyl groups excluding tert-OH is 1. The van der Waals surface area contributed by atoms with Crippen LogP contribution in [0.1, 0.15) is 25.2 Å². The summed E-state index contributed by atoms with van der Waals surface area (Å²) in [5, 5.41) is 17.4. The highest BCUT2D eigenvalue weighted by molar-refractivity contribution is 5.81. The molecule has 0 saturated carbocycles. The van der Waals surface area contributed by atoms with Gasteiger partial charge in [-0.2, -0.15) is 5.10 Å². The number of amides is 1. The molecule has 0 fully saturated rings. The van der Waals surface area contributed by atoms with Gasteiger partial charge in [-0.1, -0.05) is 12.1 Å². The normalized spacial score (nSPS) is 13.5. The van der Waals surface area contributed by atoms with Crippen molar-refractivity contribution in [1.29, 1.82) is 0 Å². The molecule has 0 aliphatic carbocycles. The Labute approximate surface area is 143 Å². The zero-order chi connectivity index (χ0) is 17.8. The summed E-state index contributed by atoms with van der Waals surface area (Å²) >= 11 is 0. The predicted octanol–water partition coefficient (Wildman–Crippen LogP) is 1.62. The lowest BCUT2D eigenvalue weighted by atomic mass is 10.1. The van der Waals surface area contributed by atoms with Crippen molar-refractivity contribution < 1.29 is 14.3 Å². The first-order valence-electron chi connectivity index (χ1n) is 8.00. The second-order valence-electron chi connectivity index (χ2n) is 5.92. The van der Waals surface area contributed by atoms with Crippen molar-refractivity contribution in [1.82, 2.24) is 15.1 Å². The van der Waals surface area contributed by atoms with Gasteiger partial charge in [0.05, 0.1) is 18.0 Å². The maximum absolute atomic E-state index is 12.3. The van der Waals surface area contributed by atoms with Crippen molar-refractivity contribution in [3.05, 3.63) is 64.8 Å². The van der Waals surface area contributed by atoms with E-state index in [-0.39, 0.29) is 23.9 Å². The Kier molecular flexibility index (Phi) is 4.95. The Morgan fingerprint density at radius 3 is 2.88 bits per heavy atom. The van der Waals surface area contributed by atoms with Gasteiger partial charge in [-0.15, -0.1) is 0 Å². The fourth-order valence-corrected chi connectivity index (χ4v) is 2.73. The number of rotatable bonds is 6. The molecule has 2 heterocycles. The van der Waals surface area contributed by atoms with Crippen LogP contribution < -0.4 is 10.7 Å². The van der Waals surface area contributed by atoms with Crippen molar-refractivity contribution in [3.63, 3.8) is 0 Å². The van der Waals surface area contributed by atoms with Crippen LogP contribution in [0, 0.1) is 0 Å². The molecule has 25 heavy (non-hydrogen) atoms. The van der Waals surface area contributed by atoms with Gasteiger partial charge >= 0.3 is 0 Å². The highest BCUT2D eigenvalue weighted by Gasteiger charge is 2.17. The van der Waals surface area contributed by atoms with Crippen LogP contribution >= 0.6 is 0 Å². The summed E-state index contributed by atoms with van der Waals surface area (Å²) in [6, 6.07) is 10.2. The van der Waals surface area contributed by atoms with E-state index in [1.165, 1.54) is 17.1 Å². The number of aliphatic hydroxyl groups is 1. The number of fused-ring (bicyclic) bond motifs is 1. The Bertz CT molecular complexity index is 917. The molecule has 1 amide bonds. The lowest BCUT2D eigenvalue weighted by Gasteiger charge is -2.17. The molecular formula is C18H19N3O4. The quantitative estimate of drug-likeness (QED) is 0.710. The molecule has 7 nitrogen and oxygen atoms in total. The van der Waals surface area contributed by atoms with Crippen LogP contribution in [0.15, 0.2) is 58.1 Å². The minimum atomic E-state index is -0.781. The van der Waals surface area contributed by atoms with E-state index in [1.807, 2.05) is 0 Å². The van der Waals surface area contributed by atoms with Crippen molar-refractivity contribution in [2.45, 2.75) is 32.0 Å². The van der Waals surface area contributed by atoms with Crippen LogP contribution in [0.25, 0.3) is 10.9 Å². The first kappa shape index (κ1) is 16.9. The Balaban J connectivity index is 1.65. The molecule has 3 rings (SSSR count). The highest BCUT2D eigenvalue weighted by atomic mass is 16.4. The molecule has 130 valence electrons. The van der Waals surface area contributed by atoms with E-state index in [0.717, 1.165) is 0 Å². The number of para-hydroxylation sites is 1. The molecule has 0 saturated heterocycles. The average molecular weight is 341 g/mol. The molecule has 2 N–H and O–H groups in total. The van der Waals surface area contributed by atoms with Gasteiger partial charge in [0.1, 0.15) is 18.4 Å². The fraction of sp³-hybridized carbons (Fsp3) is 0.278. The van der Waals surface area contributed by atoms with Gasteiger partial charge in [-0.3, -0.25) is 14.3 Å². The molecule has 3 aromatic rings. The third-order valence-electron chi connectivity index (χ3n) is 3.91. The molecule has 0 aliphatic heterocycles. The molecule has 0 aliphatic rings. The number of benzene rings is 1. The number of nitrogens with zero attached hydrogens (tertiary/aromatic N) is 2. The Hall–Kier alpha value is -2.93. The predicted molar refractivity (Wildman–Crippen MR) is 91.9 cm³/mol. The SMILES string of the molecule is CC(CC(O)c1ccco1)NC(=O)Cn1ncc(=O)c2ccccc21.